The molecule has 7 nitrogen and oxygen atoms in total. The molecule has 0 fully saturated rings. The second-order valence-electron chi connectivity index (χ2n) is 7.38. The summed E-state index contributed by atoms with van der Waals surface area (Å²) < 4.78 is 39.5. The Morgan fingerprint density at radius 3 is 2.25 bits per heavy atom. The van der Waals surface area contributed by atoms with E-state index in [9.17, 15) is 17.7 Å². The van der Waals surface area contributed by atoms with Gasteiger partial charge in [-0.05, 0) is 47.5 Å². The molecule has 1 heterocycles. The highest BCUT2D eigenvalue weighted by atomic mass is 32.2. The minimum atomic E-state index is -4.32. The van der Waals surface area contributed by atoms with Crippen LogP contribution in [0.2, 0.25) is 0 Å². The van der Waals surface area contributed by atoms with E-state index in [1.807, 2.05) is 12.1 Å². The van der Waals surface area contributed by atoms with Crippen LogP contribution in [0.4, 0.5) is 15.9 Å². The number of anilines is 2. The summed E-state index contributed by atoms with van der Waals surface area (Å²) >= 11 is 0. The van der Waals surface area contributed by atoms with Gasteiger partial charge in [-0.15, -0.1) is 0 Å². The number of hydrazone groups is 1. The van der Waals surface area contributed by atoms with Gasteiger partial charge in [-0.2, -0.15) is 13.5 Å². The van der Waals surface area contributed by atoms with E-state index in [2.05, 4.69) is 5.10 Å². The highest BCUT2D eigenvalue weighted by Gasteiger charge is 2.31. The molecule has 2 N–H and O–H groups in total. The molecule has 32 heavy (non-hydrogen) atoms. The van der Waals surface area contributed by atoms with E-state index in [0.29, 0.717) is 23.4 Å². The molecule has 4 rings (SSSR count). The van der Waals surface area contributed by atoms with E-state index in [0.717, 1.165) is 5.56 Å². The third-order valence-corrected chi connectivity index (χ3v) is 6.71. The molecule has 9 heteroatoms. The fourth-order valence-electron chi connectivity index (χ4n) is 3.55. The summed E-state index contributed by atoms with van der Waals surface area (Å²) in [5, 5.41) is 5.87. The lowest BCUT2D eigenvalue weighted by Crippen LogP contribution is -2.24. The summed E-state index contributed by atoms with van der Waals surface area (Å²) in [6.07, 6.45) is 0.463. The van der Waals surface area contributed by atoms with Crippen LogP contribution < -0.4 is 10.3 Å². The SMILES string of the molecule is CC(=O)N1N=C(c2ccc(N(F)S(=O)(=O)c3ccccc3)cc2)CC1c1ccc(N)cc1. The summed E-state index contributed by atoms with van der Waals surface area (Å²) in [6.45, 7) is 1.44. The number of nitrogens with two attached hydrogens (primary N) is 1. The van der Waals surface area contributed by atoms with Crippen molar-refractivity contribution >= 4 is 33.0 Å². The molecule has 0 bridgehead atoms. The van der Waals surface area contributed by atoms with Gasteiger partial charge in [-0.25, -0.2) is 5.01 Å². The van der Waals surface area contributed by atoms with Gasteiger partial charge >= 0.3 is 0 Å². The van der Waals surface area contributed by atoms with Crippen LogP contribution in [0, 0.1) is 0 Å². The van der Waals surface area contributed by atoms with Crippen molar-refractivity contribution in [1.29, 1.82) is 0 Å². The Hall–Kier alpha value is -3.72. The van der Waals surface area contributed by atoms with Crippen LogP contribution in [-0.2, 0) is 14.8 Å². The average molecular weight is 453 g/mol. The van der Waals surface area contributed by atoms with Crippen molar-refractivity contribution in [3.8, 4) is 0 Å². The number of nitrogen functional groups attached to an aromatic ring is 1. The van der Waals surface area contributed by atoms with Crippen molar-refractivity contribution in [1.82, 2.24) is 5.01 Å². The molecule has 3 aromatic carbocycles. The van der Waals surface area contributed by atoms with E-state index in [1.54, 1.807) is 30.3 Å². The Morgan fingerprint density at radius 1 is 1.03 bits per heavy atom. The molecule has 0 aromatic heterocycles. The van der Waals surface area contributed by atoms with E-state index in [1.165, 1.54) is 48.3 Å². The molecule has 1 amide bonds. The molecule has 1 aliphatic heterocycles. The van der Waals surface area contributed by atoms with Crippen molar-refractivity contribution in [2.75, 3.05) is 10.3 Å². The zero-order chi connectivity index (χ0) is 22.9. The van der Waals surface area contributed by atoms with Crippen molar-refractivity contribution in [2.24, 2.45) is 5.10 Å². The maximum absolute atomic E-state index is 14.7. The summed E-state index contributed by atoms with van der Waals surface area (Å²) in [4.78, 5) is 12.0. The number of hydrogen-bond donors (Lipinski definition) is 1. The van der Waals surface area contributed by atoms with Gasteiger partial charge in [-0.1, -0.05) is 51.5 Å². The predicted molar refractivity (Wildman–Crippen MR) is 121 cm³/mol. The lowest BCUT2D eigenvalue weighted by atomic mass is 9.98. The van der Waals surface area contributed by atoms with E-state index in [4.69, 9.17) is 5.73 Å². The van der Waals surface area contributed by atoms with Crippen LogP contribution in [0.25, 0.3) is 0 Å². The fourth-order valence-corrected chi connectivity index (χ4v) is 4.63. The topological polar surface area (TPSA) is 96.1 Å². The monoisotopic (exact) mass is 452 g/mol. The minimum absolute atomic E-state index is 0.130. The number of amides is 1. The molecule has 0 spiro atoms. The molecule has 0 aliphatic carbocycles. The van der Waals surface area contributed by atoms with Crippen LogP contribution in [0.3, 0.4) is 0 Å². The molecule has 1 atom stereocenters. The molecule has 1 unspecified atom stereocenters. The number of sulfonamides is 1. The number of carbonyl (C=O) groups is 1. The summed E-state index contributed by atoms with van der Waals surface area (Å²) in [7, 11) is -4.32. The van der Waals surface area contributed by atoms with Crippen molar-refractivity contribution in [2.45, 2.75) is 24.3 Å². The van der Waals surface area contributed by atoms with E-state index in [-0.39, 0.29) is 27.1 Å². The van der Waals surface area contributed by atoms with E-state index < -0.39 is 10.0 Å². The first-order valence-electron chi connectivity index (χ1n) is 9.86. The quantitative estimate of drug-likeness (QED) is 0.467. The van der Waals surface area contributed by atoms with Crippen LogP contribution >= 0.6 is 0 Å². The van der Waals surface area contributed by atoms with Gasteiger partial charge in [0, 0.05) is 19.0 Å². The molecule has 0 saturated carbocycles. The van der Waals surface area contributed by atoms with Gasteiger partial charge in [0.1, 0.15) is 0 Å². The maximum Gasteiger partial charge on any atom is 0.290 e. The Balaban J connectivity index is 1.58. The van der Waals surface area contributed by atoms with Gasteiger partial charge in [0.2, 0.25) is 5.91 Å². The van der Waals surface area contributed by atoms with Crippen LogP contribution in [0.5, 0.6) is 0 Å². The number of halogens is 1. The lowest BCUT2D eigenvalue weighted by Gasteiger charge is -2.20. The standard InChI is InChI=1S/C23H21FN4O3S/c1-16(29)27-23(18-7-11-19(25)12-8-18)15-22(26-27)17-9-13-20(14-10-17)28(24)32(30,31)21-5-3-2-4-6-21/h2-14,23H,15,25H2,1H3. The van der Waals surface area contributed by atoms with Crippen molar-refractivity contribution < 1.29 is 17.7 Å². The molecule has 0 saturated heterocycles. The summed E-state index contributed by atoms with van der Waals surface area (Å²) in [6, 6.07) is 20.2. The van der Waals surface area contributed by atoms with Crippen LogP contribution in [0.1, 0.15) is 30.5 Å². The van der Waals surface area contributed by atoms with Crippen LogP contribution in [0.15, 0.2) is 88.9 Å². The van der Waals surface area contributed by atoms with Gasteiger partial charge in [0.25, 0.3) is 10.0 Å². The van der Waals surface area contributed by atoms with Crippen LogP contribution in [-0.4, -0.2) is 25.0 Å². The molecular formula is C23H21FN4O3S. The Kier molecular flexibility index (Phi) is 5.67. The second kappa shape index (κ2) is 8.43. The largest absolute Gasteiger partial charge is 0.399 e. The summed E-state index contributed by atoms with van der Waals surface area (Å²) in [5.74, 6) is -0.206. The van der Waals surface area contributed by atoms with Gasteiger partial charge in [0.05, 0.1) is 22.3 Å². The molecule has 1 aliphatic rings. The highest BCUT2D eigenvalue weighted by Crippen LogP contribution is 2.34. The lowest BCUT2D eigenvalue weighted by molar-refractivity contribution is -0.130. The molecule has 164 valence electrons. The number of rotatable bonds is 5. The smallest absolute Gasteiger partial charge is 0.290 e. The maximum atomic E-state index is 14.7. The molecule has 0 radical (unpaired) electrons. The first-order chi connectivity index (χ1) is 15.3. The molecule has 3 aromatic rings. The van der Waals surface area contributed by atoms with Gasteiger partial charge in [0.15, 0.2) is 0 Å². The third kappa shape index (κ3) is 4.06. The highest BCUT2D eigenvalue weighted by molar-refractivity contribution is 7.92. The number of benzene rings is 3. The van der Waals surface area contributed by atoms with Gasteiger partial charge in [-0.3, -0.25) is 4.79 Å². The Morgan fingerprint density at radius 2 is 1.66 bits per heavy atom. The Bertz CT molecular complexity index is 1260. The van der Waals surface area contributed by atoms with Gasteiger partial charge < -0.3 is 5.73 Å². The zero-order valence-electron chi connectivity index (χ0n) is 17.2. The number of carbonyl (C=O) groups excluding carboxylic acids is 1. The second-order valence-corrected chi connectivity index (χ2v) is 9.12. The normalized spacial score (nSPS) is 16.0. The third-order valence-electron chi connectivity index (χ3n) is 5.21. The first kappa shape index (κ1) is 21.5. The summed E-state index contributed by atoms with van der Waals surface area (Å²) in [5.41, 5.74) is 8.46. The zero-order valence-corrected chi connectivity index (χ0v) is 18.0. The minimum Gasteiger partial charge on any atom is -0.399 e. The fraction of sp³-hybridized carbons (Fsp3) is 0.130. The van der Waals surface area contributed by atoms with Crippen molar-refractivity contribution in [3.05, 3.63) is 90.0 Å². The molecular weight excluding hydrogens is 431 g/mol. The first-order valence-corrected chi connectivity index (χ1v) is 11.3. The van der Waals surface area contributed by atoms with E-state index >= 15 is 0 Å². The number of nitrogens with zero attached hydrogens (tertiary/aromatic N) is 3. The predicted octanol–water partition coefficient (Wildman–Crippen LogP) is 4.05. The van der Waals surface area contributed by atoms with Crippen molar-refractivity contribution in [3.63, 3.8) is 0 Å². The number of hydrogen-bond acceptors (Lipinski definition) is 5. The Labute approximate surface area is 185 Å². The average Bonchev–Trinajstić information content (AvgIpc) is 3.26.